The average Bonchev–Trinajstić information content (AvgIpc) is 2.76. The van der Waals surface area contributed by atoms with Crippen molar-refractivity contribution in [1.82, 2.24) is 5.43 Å². The van der Waals surface area contributed by atoms with Crippen molar-refractivity contribution < 1.29 is 9.53 Å². The second-order valence-corrected chi connectivity index (χ2v) is 5.38. The predicted octanol–water partition coefficient (Wildman–Crippen LogP) is 0.913. The third-order valence-electron chi connectivity index (χ3n) is 2.83. The van der Waals surface area contributed by atoms with Gasteiger partial charge in [0.15, 0.2) is 0 Å². The maximum atomic E-state index is 11.3. The van der Waals surface area contributed by atoms with Crippen molar-refractivity contribution in [3.63, 3.8) is 0 Å². The van der Waals surface area contributed by atoms with Crippen LogP contribution in [0, 0.1) is 5.92 Å². The van der Waals surface area contributed by atoms with Crippen LogP contribution in [0.25, 0.3) is 0 Å². The number of hydrogen-bond donors (Lipinski definition) is 2. The van der Waals surface area contributed by atoms with Gasteiger partial charge >= 0.3 is 0 Å². The number of hydrogen-bond acceptors (Lipinski definition) is 4. The van der Waals surface area contributed by atoms with Gasteiger partial charge in [-0.2, -0.15) is 11.8 Å². The molecule has 0 aromatic carbocycles. The molecule has 0 saturated carbocycles. The van der Waals surface area contributed by atoms with Crippen LogP contribution >= 0.6 is 11.8 Å². The zero-order chi connectivity index (χ0) is 11.3. The van der Waals surface area contributed by atoms with Crippen LogP contribution in [0.1, 0.15) is 26.7 Å². The first kappa shape index (κ1) is 12.8. The van der Waals surface area contributed by atoms with Crippen LogP contribution in [-0.4, -0.2) is 29.6 Å². The van der Waals surface area contributed by atoms with Gasteiger partial charge in [0.05, 0.1) is 6.10 Å². The first-order valence-corrected chi connectivity index (χ1v) is 6.43. The number of thioether (sulfide) groups is 1. The highest BCUT2D eigenvalue weighted by Gasteiger charge is 2.22. The predicted molar refractivity (Wildman–Crippen MR) is 62.4 cm³/mol. The number of nitrogens with two attached hydrogens (primary N) is 1. The van der Waals surface area contributed by atoms with Crippen molar-refractivity contribution in [2.45, 2.75) is 38.0 Å². The molecule has 5 heteroatoms. The third kappa shape index (κ3) is 4.01. The van der Waals surface area contributed by atoms with Gasteiger partial charge in [-0.05, 0) is 12.8 Å². The Morgan fingerprint density at radius 1 is 1.67 bits per heavy atom. The molecular weight excluding hydrogens is 212 g/mol. The molecule has 3 N–H and O–H groups in total. The van der Waals surface area contributed by atoms with Gasteiger partial charge in [0.25, 0.3) is 0 Å². The molecule has 0 aromatic rings. The molecule has 0 radical (unpaired) electrons. The van der Waals surface area contributed by atoms with E-state index >= 15 is 0 Å². The van der Waals surface area contributed by atoms with Crippen LogP contribution in [0.3, 0.4) is 0 Å². The summed E-state index contributed by atoms with van der Waals surface area (Å²) < 4.78 is 5.52. The molecule has 0 bridgehead atoms. The number of nitrogens with one attached hydrogen (secondary N) is 1. The molecule has 1 amide bonds. The first-order valence-electron chi connectivity index (χ1n) is 5.38. The van der Waals surface area contributed by atoms with Crippen LogP contribution in [0.15, 0.2) is 0 Å². The van der Waals surface area contributed by atoms with Crippen LogP contribution < -0.4 is 11.3 Å². The standard InChI is InChI=1S/C10H20N2O2S/c1-7(10(13)12-11)8(2)15-6-9-4-3-5-14-9/h7-9H,3-6,11H2,1-2H3,(H,12,13). The average molecular weight is 232 g/mol. The van der Waals surface area contributed by atoms with E-state index in [4.69, 9.17) is 10.6 Å². The third-order valence-corrected chi connectivity index (χ3v) is 4.33. The Morgan fingerprint density at radius 3 is 2.93 bits per heavy atom. The lowest BCUT2D eigenvalue weighted by atomic mass is 10.1. The fourth-order valence-electron chi connectivity index (χ4n) is 1.52. The van der Waals surface area contributed by atoms with Gasteiger partial charge in [-0.3, -0.25) is 10.2 Å². The lowest BCUT2D eigenvalue weighted by Crippen LogP contribution is -2.38. The Labute approximate surface area is 95.3 Å². The van der Waals surface area contributed by atoms with Crippen LogP contribution in [0.2, 0.25) is 0 Å². The van der Waals surface area contributed by atoms with E-state index in [1.807, 2.05) is 6.92 Å². The van der Waals surface area contributed by atoms with Crippen molar-refractivity contribution in [1.29, 1.82) is 0 Å². The van der Waals surface area contributed by atoms with E-state index in [1.54, 1.807) is 11.8 Å². The van der Waals surface area contributed by atoms with Gasteiger partial charge in [-0.1, -0.05) is 13.8 Å². The van der Waals surface area contributed by atoms with E-state index < -0.39 is 0 Å². The lowest BCUT2D eigenvalue weighted by Gasteiger charge is -2.19. The Balaban J connectivity index is 2.22. The fraction of sp³-hybridized carbons (Fsp3) is 0.900. The minimum absolute atomic E-state index is 0.0543. The summed E-state index contributed by atoms with van der Waals surface area (Å²) >= 11 is 1.78. The summed E-state index contributed by atoms with van der Waals surface area (Å²) in [4.78, 5) is 11.3. The molecule has 3 unspecified atom stereocenters. The lowest BCUT2D eigenvalue weighted by molar-refractivity contribution is -0.124. The molecule has 0 aromatic heterocycles. The van der Waals surface area contributed by atoms with E-state index in [9.17, 15) is 4.79 Å². The zero-order valence-electron chi connectivity index (χ0n) is 9.36. The molecule has 0 aliphatic carbocycles. The quantitative estimate of drug-likeness (QED) is 0.420. The largest absolute Gasteiger partial charge is 0.377 e. The molecular formula is C10H20N2O2S. The van der Waals surface area contributed by atoms with E-state index in [0.29, 0.717) is 6.10 Å². The molecule has 4 nitrogen and oxygen atoms in total. The molecule has 1 rings (SSSR count). The minimum atomic E-state index is -0.0951. The fourth-order valence-corrected chi connectivity index (χ4v) is 2.72. The topological polar surface area (TPSA) is 64.3 Å². The Kier molecular flexibility index (Phi) is 5.42. The molecule has 3 atom stereocenters. The van der Waals surface area contributed by atoms with Crippen molar-refractivity contribution >= 4 is 17.7 Å². The normalized spacial score (nSPS) is 24.9. The van der Waals surface area contributed by atoms with E-state index in [1.165, 1.54) is 6.42 Å². The SMILES string of the molecule is CC(SCC1CCCO1)C(C)C(=O)NN. The second kappa shape index (κ2) is 6.35. The second-order valence-electron chi connectivity index (χ2n) is 3.97. The molecule has 88 valence electrons. The highest BCUT2D eigenvalue weighted by molar-refractivity contribution is 7.99. The van der Waals surface area contributed by atoms with Gasteiger partial charge < -0.3 is 4.74 Å². The van der Waals surface area contributed by atoms with Gasteiger partial charge in [-0.15, -0.1) is 0 Å². The Morgan fingerprint density at radius 2 is 2.40 bits per heavy atom. The summed E-state index contributed by atoms with van der Waals surface area (Å²) in [6, 6.07) is 0. The van der Waals surface area contributed by atoms with Crippen molar-refractivity contribution in [2.24, 2.45) is 11.8 Å². The van der Waals surface area contributed by atoms with Crippen molar-refractivity contribution in [2.75, 3.05) is 12.4 Å². The summed E-state index contributed by atoms with van der Waals surface area (Å²) in [5, 5.41) is 0.276. The van der Waals surface area contributed by atoms with Crippen LogP contribution in [0.4, 0.5) is 0 Å². The highest BCUT2D eigenvalue weighted by Crippen LogP contribution is 2.24. The number of carbonyl (C=O) groups excluding carboxylic acids is 1. The summed E-state index contributed by atoms with van der Waals surface area (Å²) in [6.45, 7) is 4.84. The smallest absolute Gasteiger partial charge is 0.237 e. The molecule has 15 heavy (non-hydrogen) atoms. The minimum Gasteiger partial charge on any atom is -0.377 e. The summed E-state index contributed by atoms with van der Waals surface area (Å²) in [7, 11) is 0. The van der Waals surface area contributed by atoms with Crippen LogP contribution in [-0.2, 0) is 9.53 Å². The molecule has 1 fully saturated rings. The number of carbonyl (C=O) groups is 1. The molecule has 1 heterocycles. The van der Waals surface area contributed by atoms with Gasteiger partial charge in [0.2, 0.25) is 5.91 Å². The number of rotatable bonds is 5. The maximum absolute atomic E-state index is 11.3. The molecule has 1 aliphatic rings. The van der Waals surface area contributed by atoms with Gasteiger partial charge in [0.1, 0.15) is 0 Å². The number of hydrazine groups is 1. The highest BCUT2D eigenvalue weighted by atomic mass is 32.2. The van der Waals surface area contributed by atoms with E-state index in [0.717, 1.165) is 18.8 Å². The summed E-state index contributed by atoms with van der Waals surface area (Å²) in [5.41, 5.74) is 2.19. The van der Waals surface area contributed by atoms with Gasteiger partial charge in [0, 0.05) is 23.5 Å². The number of amides is 1. The molecule has 0 spiro atoms. The van der Waals surface area contributed by atoms with E-state index in [2.05, 4.69) is 12.3 Å². The van der Waals surface area contributed by atoms with Gasteiger partial charge in [-0.25, -0.2) is 5.84 Å². The monoisotopic (exact) mass is 232 g/mol. The summed E-state index contributed by atoms with van der Waals surface area (Å²) in [5.74, 6) is 5.92. The van der Waals surface area contributed by atoms with Crippen molar-refractivity contribution in [3.8, 4) is 0 Å². The Bertz CT molecular complexity index is 208. The first-order chi connectivity index (χ1) is 7.15. The molecule has 1 aliphatic heterocycles. The number of ether oxygens (including phenoxy) is 1. The Hall–Kier alpha value is -0.260. The maximum Gasteiger partial charge on any atom is 0.237 e. The summed E-state index contributed by atoms with van der Waals surface area (Å²) in [6.07, 6.45) is 2.70. The molecule has 1 saturated heterocycles. The zero-order valence-corrected chi connectivity index (χ0v) is 10.2. The van der Waals surface area contributed by atoms with Crippen LogP contribution in [0.5, 0.6) is 0 Å². The van der Waals surface area contributed by atoms with E-state index in [-0.39, 0.29) is 17.1 Å². The van der Waals surface area contributed by atoms with Crippen molar-refractivity contribution in [3.05, 3.63) is 0 Å².